The number of amides is 1. The Morgan fingerprint density at radius 2 is 1.88 bits per heavy atom. The van der Waals surface area contributed by atoms with Crippen molar-refractivity contribution in [2.75, 3.05) is 25.6 Å². The number of halogens is 2. The van der Waals surface area contributed by atoms with Gasteiger partial charge in [-0.25, -0.2) is 9.67 Å². The Labute approximate surface area is 251 Å². The fourth-order valence-electron chi connectivity index (χ4n) is 4.64. The molecule has 0 bridgehead atoms. The van der Waals surface area contributed by atoms with Crippen LogP contribution in [0, 0.1) is 0 Å². The number of ether oxygens (including phenoxy) is 2. The number of carbonyl (C=O) groups is 1. The van der Waals surface area contributed by atoms with Crippen LogP contribution in [0.1, 0.15) is 22.3 Å². The molecule has 11 nitrogen and oxygen atoms in total. The molecule has 3 heterocycles. The number of hydrogen-bond donors (Lipinski definition) is 3. The van der Waals surface area contributed by atoms with Gasteiger partial charge in [0.15, 0.2) is 5.82 Å². The first-order valence-electron chi connectivity index (χ1n) is 13.1. The number of nitrogens with one attached hydrogen (secondary N) is 2. The van der Waals surface area contributed by atoms with Crippen molar-refractivity contribution in [3.05, 3.63) is 86.4 Å². The van der Waals surface area contributed by atoms with Crippen LogP contribution in [0.25, 0.3) is 22.5 Å². The first kappa shape index (κ1) is 29.6. The van der Waals surface area contributed by atoms with Crippen molar-refractivity contribution >= 4 is 34.8 Å². The quantitative estimate of drug-likeness (QED) is 0.272. The molecule has 5 rings (SSSR count). The van der Waals surface area contributed by atoms with Crippen LogP contribution in [0.2, 0.25) is 10.0 Å². The Kier molecular flexibility index (Phi) is 9.15. The second-order valence-corrected chi connectivity index (χ2v) is 10.4. The summed E-state index contributed by atoms with van der Waals surface area (Å²) >= 11 is 13.6. The first-order chi connectivity index (χ1) is 20.3. The van der Waals surface area contributed by atoms with Gasteiger partial charge in [-0.05, 0) is 24.6 Å². The predicted octanol–water partition coefficient (Wildman–Crippen LogP) is 3.71. The molecule has 0 saturated carbocycles. The van der Waals surface area contributed by atoms with Crippen molar-refractivity contribution in [2.24, 2.45) is 7.05 Å². The summed E-state index contributed by atoms with van der Waals surface area (Å²) in [7, 11) is 2.99. The topological polar surface area (TPSA) is 140 Å². The van der Waals surface area contributed by atoms with Crippen LogP contribution >= 0.6 is 23.2 Å². The lowest BCUT2D eigenvalue weighted by Crippen LogP contribution is -2.46. The second-order valence-electron chi connectivity index (χ2n) is 9.61. The van der Waals surface area contributed by atoms with E-state index in [1.165, 1.54) is 26.4 Å². The molecule has 4 aromatic rings. The summed E-state index contributed by atoms with van der Waals surface area (Å²) in [4.78, 5) is 34.3. The van der Waals surface area contributed by atoms with Crippen molar-refractivity contribution in [1.29, 1.82) is 0 Å². The highest BCUT2D eigenvalue weighted by molar-refractivity contribution is 6.39. The Hall–Kier alpha value is -3.87. The normalized spacial score (nSPS) is 16.7. The largest absolute Gasteiger partial charge is 0.481 e. The van der Waals surface area contributed by atoms with Crippen LogP contribution in [0.15, 0.2) is 59.7 Å². The third kappa shape index (κ3) is 6.15. The van der Waals surface area contributed by atoms with Crippen molar-refractivity contribution in [1.82, 2.24) is 25.1 Å². The Balaban J connectivity index is 1.41. The van der Waals surface area contributed by atoms with Gasteiger partial charge in [-0.2, -0.15) is 10.1 Å². The van der Waals surface area contributed by atoms with Crippen LogP contribution in [-0.2, 0) is 18.3 Å². The lowest BCUT2D eigenvalue weighted by atomic mass is 10.0. The maximum atomic E-state index is 12.8. The van der Waals surface area contributed by atoms with E-state index in [4.69, 9.17) is 32.7 Å². The molecule has 13 heteroatoms. The molecule has 218 valence electrons. The zero-order valence-corrected chi connectivity index (χ0v) is 24.3. The molecule has 0 aliphatic carbocycles. The smallest absolute Gasteiger partial charge is 0.279 e. The summed E-state index contributed by atoms with van der Waals surface area (Å²) in [5, 5.41) is 20.6. The van der Waals surface area contributed by atoms with E-state index in [9.17, 15) is 14.7 Å². The zero-order valence-electron chi connectivity index (χ0n) is 22.8. The molecule has 42 heavy (non-hydrogen) atoms. The molecule has 1 aliphatic rings. The third-order valence-corrected chi connectivity index (χ3v) is 7.74. The van der Waals surface area contributed by atoms with E-state index in [2.05, 4.69) is 25.7 Å². The summed E-state index contributed by atoms with van der Waals surface area (Å²) in [6.45, 7) is 1.28. The number of rotatable bonds is 8. The first-order valence-corrected chi connectivity index (χ1v) is 13.8. The number of nitrogens with zero attached hydrogens (tertiary/aromatic N) is 4. The minimum absolute atomic E-state index is 0.0670. The van der Waals surface area contributed by atoms with Crippen molar-refractivity contribution in [3.8, 4) is 28.4 Å². The highest BCUT2D eigenvalue weighted by atomic mass is 35.5. The van der Waals surface area contributed by atoms with Gasteiger partial charge >= 0.3 is 0 Å². The molecule has 1 aliphatic heterocycles. The molecular formula is C29H28Cl2N6O5. The maximum Gasteiger partial charge on any atom is 0.279 e. The average Bonchev–Trinajstić information content (AvgIpc) is 2.99. The van der Waals surface area contributed by atoms with Gasteiger partial charge in [0.1, 0.15) is 5.56 Å². The van der Waals surface area contributed by atoms with Crippen LogP contribution in [0.5, 0.6) is 5.88 Å². The molecule has 1 amide bonds. The standard InChI is InChI=1S/C29H28Cl2N6O5/c1-37-29(40)20(9-11-34-37)27(39)35-22-8-4-6-18(25(22)31)17-5-3-7-19(24(17)30)26-33-14-16(28(36-26)41-2)13-32-21-10-12-42-15-23(21)38/h3-9,11,14,21,23,32,38H,10,12-13,15H2,1-2H3,(H,35,39)/t21-,23+/m1/s1. The van der Waals surface area contributed by atoms with Gasteiger partial charge in [0.05, 0.1) is 35.6 Å². The monoisotopic (exact) mass is 610 g/mol. The summed E-state index contributed by atoms with van der Waals surface area (Å²) in [6.07, 6.45) is 3.14. The van der Waals surface area contributed by atoms with E-state index < -0.39 is 17.6 Å². The third-order valence-electron chi connectivity index (χ3n) is 6.93. The molecule has 3 N–H and O–H groups in total. The molecular weight excluding hydrogens is 583 g/mol. The minimum atomic E-state index is -0.613. The van der Waals surface area contributed by atoms with Gasteiger partial charge < -0.3 is 25.2 Å². The predicted molar refractivity (Wildman–Crippen MR) is 159 cm³/mol. The summed E-state index contributed by atoms with van der Waals surface area (Å²) in [5.41, 5.74) is 2.15. The van der Waals surface area contributed by atoms with E-state index in [1.807, 2.05) is 0 Å². The van der Waals surface area contributed by atoms with Crippen LogP contribution < -0.4 is 20.9 Å². The SMILES string of the molecule is COc1nc(-c2cccc(-c3cccc(NC(=O)c4ccnn(C)c4=O)c3Cl)c2Cl)ncc1CN[C@@H]1CCOC[C@@H]1O. The fraction of sp³-hybridized carbons (Fsp3) is 0.276. The van der Waals surface area contributed by atoms with Gasteiger partial charge in [0, 0.05) is 60.9 Å². The fourth-order valence-corrected chi connectivity index (χ4v) is 5.23. The molecule has 2 atom stereocenters. The van der Waals surface area contributed by atoms with Gasteiger partial charge in [0.2, 0.25) is 5.88 Å². The van der Waals surface area contributed by atoms with E-state index in [-0.39, 0.29) is 16.6 Å². The summed E-state index contributed by atoms with van der Waals surface area (Å²) in [5.74, 6) is 0.112. The van der Waals surface area contributed by atoms with Crippen molar-refractivity contribution in [3.63, 3.8) is 0 Å². The lowest BCUT2D eigenvalue weighted by molar-refractivity contribution is -0.0281. The Bertz CT molecular complexity index is 1680. The number of anilines is 1. The van der Waals surface area contributed by atoms with E-state index >= 15 is 0 Å². The average molecular weight is 611 g/mol. The number of aliphatic hydroxyl groups excluding tert-OH is 1. The number of aryl methyl sites for hydroxylation is 1. The zero-order chi connectivity index (χ0) is 29.8. The second kappa shape index (κ2) is 13.0. The van der Waals surface area contributed by atoms with E-state index in [1.54, 1.807) is 42.6 Å². The minimum Gasteiger partial charge on any atom is -0.481 e. The highest BCUT2D eigenvalue weighted by Gasteiger charge is 2.24. The Morgan fingerprint density at radius 1 is 1.14 bits per heavy atom. The molecule has 2 aromatic carbocycles. The Morgan fingerprint density at radius 3 is 2.64 bits per heavy atom. The molecule has 0 unspecified atom stereocenters. The van der Waals surface area contributed by atoms with Crippen LogP contribution in [0.3, 0.4) is 0 Å². The molecule has 0 spiro atoms. The van der Waals surface area contributed by atoms with Gasteiger partial charge in [0.25, 0.3) is 11.5 Å². The van der Waals surface area contributed by atoms with Crippen molar-refractivity contribution in [2.45, 2.75) is 25.1 Å². The summed E-state index contributed by atoms with van der Waals surface area (Å²) < 4.78 is 11.9. The molecule has 1 fully saturated rings. The molecule has 0 radical (unpaired) electrons. The van der Waals surface area contributed by atoms with E-state index in [0.717, 1.165) is 10.2 Å². The number of aliphatic hydroxyl groups is 1. The molecule has 1 saturated heterocycles. The highest BCUT2D eigenvalue weighted by Crippen LogP contribution is 2.41. The van der Waals surface area contributed by atoms with E-state index in [0.29, 0.717) is 65.3 Å². The number of aromatic nitrogens is 4. The summed E-state index contributed by atoms with van der Waals surface area (Å²) in [6, 6.07) is 11.8. The number of carbonyl (C=O) groups excluding carboxylic acids is 1. The number of methoxy groups -OCH3 is 1. The van der Waals surface area contributed by atoms with Gasteiger partial charge in [-0.3, -0.25) is 9.59 Å². The van der Waals surface area contributed by atoms with Crippen LogP contribution in [-0.4, -0.2) is 63.2 Å². The molecule has 2 aromatic heterocycles. The number of benzene rings is 2. The van der Waals surface area contributed by atoms with Crippen molar-refractivity contribution < 1.29 is 19.4 Å². The lowest BCUT2D eigenvalue weighted by Gasteiger charge is -2.28. The van der Waals surface area contributed by atoms with Crippen LogP contribution in [0.4, 0.5) is 5.69 Å². The van der Waals surface area contributed by atoms with Gasteiger partial charge in [-0.15, -0.1) is 0 Å². The van der Waals surface area contributed by atoms with Gasteiger partial charge in [-0.1, -0.05) is 47.5 Å². The number of hydrogen-bond acceptors (Lipinski definition) is 9. The maximum absolute atomic E-state index is 12.8.